The van der Waals surface area contributed by atoms with Crippen LogP contribution in [-0.4, -0.2) is 47.8 Å². The predicted molar refractivity (Wildman–Crippen MR) is 97.7 cm³/mol. The summed E-state index contributed by atoms with van der Waals surface area (Å²) in [4.78, 5) is 29.0. The molecule has 1 aliphatic carbocycles. The molecule has 1 atom stereocenters. The Kier molecular flexibility index (Phi) is 5.28. The molecule has 0 radical (unpaired) electrons. The van der Waals surface area contributed by atoms with E-state index in [4.69, 9.17) is 0 Å². The first-order chi connectivity index (χ1) is 11.5. The zero-order valence-corrected chi connectivity index (χ0v) is 16.0. The number of benzene rings is 1. The molecule has 2 aliphatic rings. The molecule has 1 saturated carbocycles. The van der Waals surface area contributed by atoms with Gasteiger partial charge in [0.05, 0.1) is 0 Å². The van der Waals surface area contributed by atoms with Crippen LogP contribution in [0.2, 0.25) is 0 Å². The van der Waals surface area contributed by atoms with Gasteiger partial charge in [-0.25, -0.2) is 0 Å². The maximum Gasteiger partial charge on any atom is 0.253 e. The van der Waals surface area contributed by atoms with Crippen molar-refractivity contribution in [2.45, 2.75) is 38.6 Å². The lowest BCUT2D eigenvalue weighted by Gasteiger charge is -2.35. The Balaban J connectivity index is 1.54. The molecule has 0 spiro atoms. The molecule has 1 unspecified atom stereocenters. The third kappa shape index (κ3) is 3.82. The summed E-state index contributed by atoms with van der Waals surface area (Å²) >= 11 is 3.39. The van der Waals surface area contributed by atoms with E-state index >= 15 is 0 Å². The Morgan fingerprint density at radius 1 is 1.12 bits per heavy atom. The maximum absolute atomic E-state index is 12.7. The summed E-state index contributed by atoms with van der Waals surface area (Å²) in [7, 11) is 1.94. The van der Waals surface area contributed by atoms with E-state index in [0.29, 0.717) is 30.6 Å². The van der Waals surface area contributed by atoms with Gasteiger partial charge in [-0.05, 0) is 62.8 Å². The molecular formula is C19H25BrN2O2. The molecule has 5 heteroatoms. The fourth-order valence-electron chi connectivity index (χ4n) is 3.49. The van der Waals surface area contributed by atoms with Gasteiger partial charge in [-0.15, -0.1) is 0 Å². The van der Waals surface area contributed by atoms with Crippen LogP contribution in [0.1, 0.15) is 43.0 Å². The van der Waals surface area contributed by atoms with Crippen molar-refractivity contribution in [2.24, 2.45) is 11.8 Å². The van der Waals surface area contributed by atoms with Crippen LogP contribution in [0.3, 0.4) is 0 Å². The topological polar surface area (TPSA) is 40.6 Å². The molecule has 2 amide bonds. The van der Waals surface area contributed by atoms with E-state index in [1.807, 2.05) is 41.1 Å². The number of carbonyl (C=O) groups excluding carboxylic acids is 2. The molecule has 4 nitrogen and oxygen atoms in total. The monoisotopic (exact) mass is 392 g/mol. The lowest BCUT2D eigenvalue weighted by atomic mass is 9.94. The number of likely N-dealkylation sites (tertiary alicyclic amines) is 1. The minimum absolute atomic E-state index is 0.0603. The number of nitrogens with zero attached hydrogens (tertiary/aromatic N) is 2. The highest BCUT2D eigenvalue weighted by Gasteiger charge is 2.36. The summed E-state index contributed by atoms with van der Waals surface area (Å²) < 4.78 is 0.969. The molecule has 3 rings (SSSR count). The molecule has 1 saturated heterocycles. The fourth-order valence-corrected chi connectivity index (χ4v) is 3.75. The number of piperidine rings is 1. The largest absolute Gasteiger partial charge is 0.343 e. The smallest absolute Gasteiger partial charge is 0.253 e. The van der Waals surface area contributed by atoms with Crippen LogP contribution < -0.4 is 0 Å². The number of carbonyl (C=O) groups is 2. The second kappa shape index (κ2) is 7.26. The summed E-state index contributed by atoms with van der Waals surface area (Å²) in [5.74, 6) is 1.07. The van der Waals surface area contributed by atoms with Crippen LogP contribution in [0, 0.1) is 11.8 Å². The zero-order chi connectivity index (χ0) is 17.3. The Bertz CT molecular complexity index is 604. The first kappa shape index (κ1) is 17.5. The summed E-state index contributed by atoms with van der Waals surface area (Å²) in [5.41, 5.74) is 0.711. The van der Waals surface area contributed by atoms with Gasteiger partial charge in [0.2, 0.25) is 5.91 Å². The highest BCUT2D eigenvalue weighted by molar-refractivity contribution is 9.10. The van der Waals surface area contributed by atoms with Crippen LogP contribution in [0.15, 0.2) is 28.7 Å². The van der Waals surface area contributed by atoms with Gasteiger partial charge in [-0.1, -0.05) is 15.9 Å². The van der Waals surface area contributed by atoms with Gasteiger partial charge in [-0.2, -0.15) is 0 Å². The van der Waals surface area contributed by atoms with Crippen LogP contribution in [0.5, 0.6) is 0 Å². The molecule has 0 aromatic heterocycles. The Morgan fingerprint density at radius 3 is 2.25 bits per heavy atom. The van der Waals surface area contributed by atoms with Gasteiger partial charge >= 0.3 is 0 Å². The number of halogens is 1. The van der Waals surface area contributed by atoms with Gasteiger partial charge in [0.15, 0.2) is 0 Å². The first-order valence-corrected chi connectivity index (χ1v) is 9.58. The number of hydrogen-bond acceptors (Lipinski definition) is 2. The second-order valence-electron chi connectivity index (χ2n) is 7.10. The molecule has 130 valence electrons. The van der Waals surface area contributed by atoms with Crippen LogP contribution in [0.4, 0.5) is 0 Å². The van der Waals surface area contributed by atoms with Gasteiger partial charge in [0.1, 0.15) is 0 Å². The summed E-state index contributed by atoms with van der Waals surface area (Å²) in [6.07, 6.45) is 4.03. The number of amides is 2. The van der Waals surface area contributed by atoms with Crippen LogP contribution in [0.25, 0.3) is 0 Å². The van der Waals surface area contributed by atoms with Gasteiger partial charge in [-0.3, -0.25) is 9.59 Å². The second-order valence-corrected chi connectivity index (χ2v) is 8.02. The maximum atomic E-state index is 12.7. The average molecular weight is 393 g/mol. The summed E-state index contributed by atoms with van der Waals surface area (Å²) in [6, 6.07) is 7.80. The Labute approximate surface area is 152 Å². The Morgan fingerprint density at radius 2 is 1.71 bits per heavy atom. The summed E-state index contributed by atoms with van der Waals surface area (Å²) in [6.45, 7) is 3.48. The molecule has 2 fully saturated rings. The van der Waals surface area contributed by atoms with Crippen LogP contribution >= 0.6 is 15.9 Å². The molecule has 1 aromatic rings. The van der Waals surface area contributed by atoms with Crippen molar-refractivity contribution in [3.05, 3.63) is 34.3 Å². The predicted octanol–water partition coefficient (Wildman–Crippen LogP) is 3.56. The van der Waals surface area contributed by atoms with Gasteiger partial charge in [0.25, 0.3) is 5.91 Å². The zero-order valence-electron chi connectivity index (χ0n) is 14.4. The van der Waals surface area contributed by atoms with E-state index in [9.17, 15) is 9.59 Å². The summed E-state index contributed by atoms with van der Waals surface area (Å²) in [5, 5.41) is 0. The van der Waals surface area contributed by atoms with E-state index in [0.717, 1.165) is 17.3 Å². The van der Waals surface area contributed by atoms with E-state index in [-0.39, 0.29) is 17.7 Å². The average Bonchev–Trinajstić information content (AvgIpc) is 3.45. The van der Waals surface area contributed by atoms with E-state index in [2.05, 4.69) is 22.9 Å². The number of rotatable bonds is 4. The first-order valence-electron chi connectivity index (χ1n) is 8.79. The van der Waals surface area contributed by atoms with Crippen molar-refractivity contribution in [2.75, 3.05) is 20.1 Å². The molecule has 1 aliphatic heterocycles. The van der Waals surface area contributed by atoms with E-state index < -0.39 is 0 Å². The van der Waals surface area contributed by atoms with Crippen molar-refractivity contribution in [3.8, 4) is 0 Å². The fraction of sp³-hybridized carbons (Fsp3) is 0.579. The molecule has 0 N–H and O–H groups in total. The van der Waals surface area contributed by atoms with Gasteiger partial charge < -0.3 is 9.80 Å². The molecule has 24 heavy (non-hydrogen) atoms. The quantitative estimate of drug-likeness (QED) is 0.785. The van der Waals surface area contributed by atoms with E-state index in [1.54, 1.807) is 0 Å². The molecule has 1 heterocycles. The van der Waals surface area contributed by atoms with Crippen molar-refractivity contribution >= 4 is 27.7 Å². The van der Waals surface area contributed by atoms with E-state index in [1.165, 1.54) is 12.8 Å². The minimum atomic E-state index is 0.0603. The van der Waals surface area contributed by atoms with Crippen LogP contribution in [-0.2, 0) is 4.79 Å². The molecular weight excluding hydrogens is 368 g/mol. The standard InChI is InChI=1S/C19H25BrN2O2/c1-13(14-3-4-14)21(2)18(23)16-9-11-22(12-10-16)19(24)15-5-7-17(20)8-6-15/h5-8,13-14,16H,3-4,9-12H2,1-2H3. The third-order valence-electron chi connectivity index (χ3n) is 5.49. The molecule has 1 aromatic carbocycles. The lowest BCUT2D eigenvalue weighted by molar-refractivity contribution is -0.137. The minimum Gasteiger partial charge on any atom is -0.343 e. The lowest BCUT2D eigenvalue weighted by Crippen LogP contribution is -2.46. The number of hydrogen-bond donors (Lipinski definition) is 0. The highest BCUT2D eigenvalue weighted by Crippen LogP contribution is 2.35. The molecule has 0 bridgehead atoms. The van der Waals surface area contributed by atoms with Crippen molar-refractivity contribution in [1.29, 1.82) is 0 Å². The van der Waals surface area contributed by atoms with Crippen molar-refractivity contribution in [1.82, 2.24) is 9.80 Å². The van der Waals surface area contributed by atoms with Crippen molar-refractivity contribution in [3.63, 3.8) is 0 Å². The third-order valence-corrected chi connectivity index (χ3v) is 6.01. The van der Waals surface area contributed by atoms with Gasteiger partial charge in [0, 0.05) is 42.1 Å². The normalized spacial score (nSPS) is 19.9. The highest BCUT2D eigenvalue weighted by atomic mass is 79.9. The SMILES string of the molecule is CC(C1CC1)N(C)C(=O)C1CCN(C(=O)c2ccc(Br)cc2)CC1. The Hall–Kier alpha value is -1.36. The van der Waals surface area contributed by atoms with Crippen molar-refractivity contribution < 1.29 is 9.59 Å².